The number of quaternary nitrogens is 1. The summed E-state index contributed by atoms with van der Waals surface area (Å²) in [5.41, 5.74) is 0. The number of allylic oxidation sites excluding steroid dienone is 3. The minimum atomic E-state index is -4.70. The molecule has 480 valence electrons. The maximum absolute atomic E-state index is 13.6. The Morgan fingerprint density at radius 3 is 1.05 bits per heavy atom. The van der Waals surface area contributed by atoms with Crippen molar-refractivity contribution < 1.29 is 37.3 Å². The predicted molar refractivity (Wildman–Crippen MR) is 349 cm³/mol. The van der Waals surface area contributed by atoms with Gasteiger partial charge in [0.05, 0.1) is 33.8 Å². The van der Waals surface area contributed by atoms with Crippen LogP contribution in [0.25, 0.3) is 0 Å². The first-order chi connectivity index (χ1) is 39.4. The van der Waals surface area contributed by atoms with E-state index in [9.17, 15) is 19.0 Å². The van der Waals surface area contributed by atoms with Crippen LogP contribution in [0.5, 0.6) is 0 Å². The van der Waals surface area contributed by atoms with Crippen LogP contribution < -0.4 is 10.2 Å². The van der Waals surface area contributed by atoms with Crippen molar-refractivity contribution in [2.24, 2.45) is 0 Å². The molecule has 0 aromatic rings. The van der Waals surface area contributed by atoms with Gasteiger partial charge < -0.3 is 28.5 Å². The van der Waals surface area contributed by atoms with Crippen molar-refractivity contribution >= 4 is 19.7 Å². The Labute approximate surface area is 504 Å². The quantitative estimate of drug-likeness (QED) is 0.0212. The second-order valence-electron chi connectivity index (χ2n) is 25.7. The lowest BCUT2D eigenvalue weighted by Gasteiger charge is -2.30. The van der Waals surface area contributed by atoms with E-state index in [1.165, 1.54) is 276 Å². The second kappa shape index (κ2) is 61.6. The number of carbonyl (C=O) groups is 2. The van der Waals surface area contributed by atoms with E-state index in [0.29, 0.717) is 17.4 Å². The molecule has 3 atom stereocenters. The molecule has 0 aliphatic rings. The second-order valence-corrected chi connectivity index (χ2v) is 27.2. The summed E-state index contributed by atoms with van der Waals surface area (Å²) in [5.74, 6) is -0.517. The first-order valence-corrected chi connectivity index (χ1v) is 37.1. The van der Waals surface area contributed by atoms with Crippen LogP contribution in [-0.4, -0.2) is 69.4 Å². The van der Waals surface area contributed by atoms with E-state index in [-0.39, 0.29) is 31.5 Å². The highest BCUT2D eigenvalue weighted by molar-refractivity contribution is 7.45. The number of unbranched alkanes of at least 4 members (excludes halogenated alkanes) is 48. The Morgan fingerprint density at radius 1 is 0.420 bits per heavy atom. The number of nitrogens with zero attached hydrogens (tertiary/aromatic N) is 1. The normalized spacial score (nSPS) is 13.6. The van der Waals surface area contributed by atoms with Gasteiger partial charge in [-0.05, 0) is 57.4 Å². The van der Waals surface area contributed by atoms with Crippen molar-refractivity contribution in [3.05, 3.63) is 24.3 Å². The molecule has 0 saturated carbocycles. The van der Waals surface area contributed by atoms with Gasteiger partial charge in [-0.15, -0.1) is 0 Å². The van der Waals surface area contributed by atoms with Crippen LogP contribution in [0, 0.1) is 0 Å². The summed E-state index contributed by atoms with van der Waals surface area (Å²) in [5, 5.41) is 3.05. The third-order valence-corrected chi connectivity index (χ3v) is 17.3. The molecule has 0 aliphatic carbocycles. The Morgan fingerprint density at radius 2 is 0.716 bits per heavy atom. The van der Waals surface area contributed by atoms with Gasteiger partial charge in [-0.25, -0.2) is 0 Å². The number of nitrogens with one attached hydrogen (secondary N) is 1. The molecule has 1 N–H and O–H groups in total. The topological polar surface area (TPSA) is 114 Å². The molecule has 10 heteroatoms. The number of likely N-dealkylation sites (N-methyl/N-ethyl adjacent to an activating group) is 1. The molecule has 0 bridgehead atoms. The van der Waals surface area contributed by atoms with Gasteiger partial charge in [0.2, 0.25) is 5.91 Å². The van der Waals surface area contributed by atoms with Crippen LogP contribution in [-0.2, 0) is 27.9 Å². The van der Waals surface area contributed by atoms with Gasteiger partial charge >= 0.3 is 5.97 Å². The van der Waals surface area contributed by atoms with E-state index < -0.39 is 20.0 Å². The zero-order chi connectivity index (χ0) is 59.3. The fourth-order valence-electron chi connectivity index (χ4n) is 10.9. The van der Waals surface area contributed by atoms with E-state index in [1.54, 1.807) is 0 Å². The van der Waals surface area contributed by atoms with Crippen LogP contribution in [0.1, 0.15) is 367 Å². The van der Waals surface area contributed by atoms with Gasteiger partial charge in [0.25, 0.3) is 7.82 Å². The van der Waals surface area contributed by atoms with E-state index in [2.05, 4.69) is 38.2 Å². The molecule has 0 fully saturated rings. The summed E-state index contributed by atoms with van der Waals surface area (Å²) >= 11 is 0. The van der Waals surface area contributed by atoms with Gasteiger partial charge in [0, 0.05) is 12.8 Å². The minimum absolute atomic E-state index is 0.0178. The standard InChI is InChI=1S/C71H139N2O7P/c1-7-10-13-16-19-22-25-28-30-32-33-34-35-36-37-38-39-41-42-45-48-51-54-57-60-63-70(74)72-68(67-79-81(76,77)78-66-65-73(4,5)6)69(62-59-56-53-50-47-44-27-24-21-18-15-12-9-3)80-71(75)64-61-58-55-52-49-46-43-40-31-29-26-23-20-17-14-11-8-2/h28,30,59,62,68-69H,7-27,29,31-58,60-61,63-67H2,1-6H3,(H-,72,74,76,77)/b30-28+,62-59-. The number of carbonyl (C=O) groups excluding carboxylic acids is 2. The Bertz CT molecular complexity index is 1430. The first kappa shape index (κ1) is 79.5. The van der Waals surface area contributed by atoms with Crippen LogP contribution in [0.3, 0.4) is 0 Å². The lowest BCUT2D eigenvalue weighted by Crippen LogP contribution is -2.47. The van der Waals surface area contributed by atoms with Gasteiger partial charge in [0.15, 0.2) is 0 Å². The molecule has 81 heavy (non-hydrogen) atoms. The van der Waals surface area contributed by atoms with Gasteiger partial charge in [-0.2, -0.15) is 0 Å². The van der Waals surface area contributed by atoms with Crippen molar-refractivity contribution in [2.75, 3.05) is 40.9 Å². The molecule has 9 nitrogen and oxygen atoms in total. The third-order valence-electron chi connectivity index (χ3n) is 16.4. The molecule has 3 unspecified atom stereocenters. The van der Waals surface area contributed by atoms with E-state index in [1.807, 2.05) is 33.3 Å². The zero-order valence-corrected chi connectivity index (χ0v) is 55.9. The molecule has 0 aromatic heterocycles. The molecule has 0 saturated heterocycles. The lowest BCUT2D eigenvalue weighted by molar-refractivity contribution is -0.870. The van der Waals surface area contributed by atoms with E-state index >= 15 is 0 Å². The van der Waals surface area contributed by atoms with E-state index in [4.69, 9.17) is 13.8 Å². The van der Waals surface area contributed by atoms with Crippen LogP contribution in [0.4, 0.5) is 0 Å². The summed E-state index contributed by atoms with van der Waals surface area (Å²) in [7, 11) is 1.21. The Hall–Kier alpha value is -1.51. The van der Waals surface area contributed by atoms with Crippen molar-refractivity contribution in [1.29, 1.82) is 0 Å². The first-order valence-electron chi connectivity index (χ1n) is 35.6. The summed E-state index contributed by atoms with van der Waals surface area (Å²) in [4.78, 5) is 40.2. The number of hydrogen-bond acceptors (Lipinski definition) is 7. The lowest BCUT2D eigenvalue weighted by atomic mass is 10.0. The maximum atomic E-state index is 13.6. The molecule has 0 heterocycles. The van der Waals surface area contributed by atoms with Crippen LogP contribution in [0.15, 0.2) is 24.3 Å². The predicted octanol–water partition coefficient (Wildman–Crippen LogP) is 21.8. The van der Waals surface area contributed by atoms with Crippen LogP contribution >= 0.6 is 7.82 Å². The van der Waals surface area contributed by atoms with Crippen molar-refractivity contribution in [3.8, 4) is 0 Å². The summed E-state index contributed by atoms with van der Waals surface area (Å²) < 4.78 is 30.5. The smallest absolute Gasteiger partial charge is 0.306 e. The average Bonchev–Trinajstić information content (AvgIpc) is 3.44. The van der Waals surface area contributed by atoms with Gasteiger partial charge in [0.1, 0.15) is 19.3 Å². The zero-order valence-electron chi connectivity index (χ0n) is 55.0. The molecule has 0 aliphatic heterocycles. The summed E-state index contributed by atoms with van der Waals surface area (Å²) in [6, 6.07) is -0.883. The molecule has 1 amide bonds. The number of ether oxygens (including phenoxy) is 1. The van der Waals surface area contributed by atoms with Gasteiger partial charge in [-0.1, -0.05) is 322 Å². The van der Waals surface area contributed by atoms with Crippen LogP contribution in [0.2, 0.25) is 0 Å². The number of phosphoric ester groups is 1. The van der Waals surface area contributed by atoms with Gasteiger partial charge in [-0.3, -0.25) is 14.2 Å². The van der Waals surface area contributed by atoms with E-state index in [0.717, 1.165) is 57.8 Å². The average molecular weight is 1160 g/mol. The number of amides is 1. The maximum Gasteiger partial charge on any atom is 0.306 e. The Balaban J connectivity index is 5.04. The monoisotopic (exact) mass is 1160 g/mol. The molecule has 0 radical (unpaired) electrons. The fraction of sp³-hybridized carbons (Fsp3) is 0.915. The van der Waals surface area contributed by atoms with Crippen molar-refractivity contribution in [1.82, 2.24) is 5.32 Å². The SMILES string of the molecule is CCCCCCCC/C=C/CCCCCCCCCCCCCCCCCC(=O)NC(COP(=O)([O-])OCC[N+](C)(C)C)C(/C=C\CCCCCCCCCCCCC)OC(=O)CCCCCCCCCCCCCCCCCCC. The van der Waals surface area contributed by atoms with Crippen molar-refractivity contribution in [3.63, 3.8) is 0 Å². The third kappa shape index (κ3) is 62.8. The number of rotatable bonds is 66. The minimum Gasteiger partial charge on any atom is -0.756 e. The number of phosphoric acid groups is 1. The summed E-state index contributed by atoms with van der Waals surface area (Å²) in [6.07, 6.45) is 74.4. The summed E-state index contributed by atoms with van der Waals surface area (Å²) in [6.45, 7) is 6.91. The molecule has 0 rings (SSSR count). The Kier molecular flexibility index (Phi) is 60.4. The molecular weight excluding hydrogens is 1020 g/mol. The highest BCUT2D eigenvalue weighted by Crippen LogP contribution is 2.38. The highest BCUT2D eigenvalue weighted by Gasteiger charge is 2.27. The highest BCUT2D eigenvalue weighted by atomic mass is 31.2. The molecule has 0 aromatic carbocycles. The van der Waals surface area contributed by atoms with Crippen molar-refractivity contribution in [2.45, 2.75) is 380 Å². The number of hydrogen-bond donors (Lipinski definition) is 1. The largest absolute Gasteiger partial charge is 0.756 e. The molecule has 0 spiro atoms. The fourth-order valence-corrected chi connectivity index (χ4v) is 11.6. The molecular formula is C71H139N2O7P. The number of esters is 1.